The Morgan fingerprint density at radius 1 is 1.33 bits per heavy atom. The number of carboxylic acids is 1. The summed E-state index contributed by atoms with van der Waals surface area (Å²) in [7, 11) is 3.18. The fourth-order valence-corrected chi connectivity index (χ4v) is 2.80. The van der Waals surface area contributed by atoms with Gasteiger partial charge in [0.15, 0.2) is 0 Å². The third-order valence-electron chi connectivity index (χ3n) is 4.66. The normalized spacial score (nSPS) is 12.4. The van der Waals surface area contributed by atoms with Gasteiger partial charge in [0.25, 0.3) is 5.91 Å². The number of carboxylic acid groups (broad SMARTS) is 1. The van der Waals surface area contributed by atoms with E-state index in [4.69, 9.17) is 9.84 Å². The molecule has 1 amide bonds. The minimum atomic E-state index is -1.02. The van der Waals surface area contributed by atoms with E-state index in [0.29, 0.717) is 12.2 Å². The maximum atomic E-state index is 12.5. The lowest BCUT2D eigenvalue weighted by molar-refractivity contribution is -0.141. The van der Waals surface area contributed by atoms with Crippen molar-refractivity contribution in [3.8, 4) is 0 Å². The van der Waals surface area contributed by atoms with Crippen LogP contribution in [0, 0.1) is 13.8 Å². The summed E-state index contributed by atoms with van der Waals surface area (Å²) in [5, 5.41) is 10.1. The van der Waals surface area contributed by atoms with Crippen LogP contribution in [0.2, 0.25) is 0 Å². The number of aryl methyl sites for hydroxylation is 1. The van der Waals surface area contributed by atoms with Gasteiger partial charge in [-0.25, -0.2) is 4.79 Å². The number of aromatic nitrogens is 1. The standard InChI is InChI=1S/C18H24N2O4/c1-11-12(2)20(8-9-24-5)16-7-6-14(10-15(11)16)17(21)19(4)13(3)18(22)23/h6-7,10,13H,8-9H2,1-5H3,(H,22,23). The van der Waals surface area contributed by atoms with E-state index in [-0.39, 0.29) is 5.91 Å². The predicted molar refractivity (Wildman–Crippen MR) is 92.5 cm³/mol. The van der Waals surface area contributed by atoms with Crippen LogP contribution in [0.1, 0.15) is 28.5 Å². The van der Waals surface area contributed by atoms with Gasteiger partial charge in [-0.05, 0) is 44.5 Å². The largest absolute Gasteiger partial charge is 0.480 e. The van der Waals surface area contributed by atoms with Crippen molar-refractivity contribution in [1.29, 1.82) is 0 Å². The van der Waals surface area contributed by atoms with Gasteiger partial charge in [0.05, 0.1) is 6.61 Å². The zero-order valence-corrected chi connectivity index (χ0v) is 14.8. The molecule has 2 aromatic rings. The fourth-order valence-electron chi connectivity index (χ4n) is 2.80. The highest BCUT2D eigenvalue weighted by Gasteiger charge is 2.23. The average molecular weight is 332 g/mol. The second-order valence-electron chi connectivity index (χ2n) is 6.02. The van der Waals surface area contributed by atoms with Gasteiger partial charge >= 0.3 is 5.97 Å². The number of carbonyl (C=O) groups excluding carboxylic acids is 1. The van der Waals surface area contributed by atoms with Crippen molar-refractivity contribution < 1.29 is 19.4 Å². The first-order valence-electron chi connectivity index (χ1n) is 7.88. The summed E-state index contributed by atoms with van der Waals surface area (Å²) < 4.78 is 7.34. The Labute approximate surface area is 141 Å². The number of fused-ring (bicyclic) bond motifs is 1. The van der Waals surface area contributed by atoms with Gasteiger partial charge < -0.3 is 19.3 Å². The van der Waals surface area contributed by atoms with Gasteiger partial charge in [-0.3, -0.25) is 4.79 Å². The lowest BCUT2D eigenvalue weighted by Crippen LogP contribution is -2.40. The Morgan fingerprint density at radius 3 is 2.58 bits per heavy atom. The summed E-state index contributed by atoms with van der Waals surface area (Å²) in [5.74, 6) is -1.32. The molecule has 1 N–H and O–H groups in total. The monoisotopic (exact) mass is 332 g/mol. The van der Waals surface area contributed by atoms with Crippen LogP contribution in [0.5, 0.6) is 0 Å². The van der Waals surface area contributed by atoms with Crippen LogP contribution in [0.4, 0.5) is 0 Å². The molecular weight excluding hydrogens is 308 g/mol. The SMILES string of the molecule is COCCn1c(C)c(C)c2cc(C(=O)N(C)C(C)C(=O)O)ccc21. The summed E-state index contributed by atoms with van der Waals surface area (Å²) in [6.07, 6.45) is 0. The number of rotatable bonds is 6. The third-order valence-corrected chi connectivity index (χ3v) is 4.66. The molecule has 1 heterocycles. The number of methoxy groups -OCH3 is 1. The molecule has 1 unspecified atom stereocenters. The van der Waals surface area contributed by atoms with Gasteiger partial charge in [0.2, 0.25) is 0 Å². The molecule has 0 bridgehead atoms. The Morgan fingerprint density at radius 2 is 2.00 bits per heavy atom. The van der Waals surface area contributed by atoms with Crippen molar-refractivity contribution >= 4 is 22.8 Å². The summed E-state index contributed by atoms with van der Waals surface area (Å²) in [6.45, 7) is 6.93. The lowest BCUT2D eigenvalue weighted by Gasteiger charge is -2.21. The van der Waals surface area contributed by atoms with Crippen molar-refractivity contribution in [2.75, 3.05) is 20.8 Å². The van der Waals surface area contributed by atoms with Crippen molar-refractivity contribution in [3.63, 3.8) is 0 Å². The van der Waals surface area contributed by atoms with Crippen LogP contribution in [-0.2, 0) is 16.1 Å². The van der Waals surface area contributed by atoms with E-state index < -0.39 is 12.0 Å². The molecule has 0 saturated carbocycles. The number of likely N-dealkylation sites (N-methyl/N-ethyl adjacent to an activating group) is 1. The molecule has 1 atom stereocenters. The quantitative estimate of drug-likeness (QED) is 0.882. The molecule has 1 aromatic heterocycles. The molecule has 0 saturated heterocycles. The smallest absolute Gasteiger partial charge is 0.326 e. The summed E-state index contributed by atoms with van der Waals surface area (Å²) in [5.41, 5.74) is 3.79. The molecule has 0 aliphatic heterocycles. The Kier molecular flexibility index (Phi) is 5.29. The molecule has 2 rings (SSSR count). The topological polar surface area (TPSA) is 71.8 Å². The van der Waals surface area contributed by atoms with Gasteiger partial charge in [-0.2, -0.15) is 0 Å². The second kappa shape index (κ2) is 7.05. The van der Waals surface area contributed by atoms with E-state index in [1.807, 2.05) is 26.0 Å². The molecule has 0 aliphatic rings. The second-order valence-corrected chi connectivity index (χ2v) is 6.02. The summed E-state index contributed by atoms with van der Waals surface area (Å²) in [6, 6.07) is 4.63. The summed E-state index contributed by atoms with van der Waals surface area (Å²) in [4.78, 5) is 24.9. The molecule has 0 radical (unpaired) electrons. The zero-order chi connectivity index (χ0) is 18.0. The van der Waals surface area contributed by atoms with Gasteiger partial charge in [-0.1, -0.05) is 0 Å². The molecule has 6 heteroatoms. The molecule has 0 fully saturated rings. The zero-order valence-electron chi connectivity index (χ0n) is 14.8. The van der Waals surface area contributed by atoms with Crippen LogP contribution in [0.15, 0.2) is 18.2 Å². The molecule has 0 aliphatic carbocycles. The van der Waals surface area contributed by atoms with E-state index in [1.165, 1.54) is 18.9 Å². The Hall–Kier alpha value is -2.34. The van der Waals surface area contributed by atoms with Crippen LogP contribution in [-0.4, -0.2) is 53.3 Å². The minimum absolute atomic E-state index is 0.298. The fraction of sp³-hybridized carbons (Fsp3) is 0.444. The number of amides is 1. The molecular formula is C18H24N2O4. The van der Waals surface area contributed by atoms with E-state index >= 15 is 0 Å². The first-order chi connectivity index (χ1) is 11.3. The van der Waals surface area contributed by atoms with Gasteiger partial charge in [0.1, 0.15) is 6.04 Å². The van der Waals surface area contributed by atoms with Crippen molar-refractivity contribution in [3.05, 3.63) is 35.0 Å². The van der Waals surface area contributed by atoms with E-state index in [2.05, 4.69) is 4.57 Å². The van der Waals surface area contributed by atoms with E-state index in [9.17, 15) is 9.59 Å². The number of benzene rings is 1. The van der Waals surface area contributed by atoms with Crippen LogP contribution < -0.4 is 0 Å². The Bertz CT molecular complexity index is 779. The highest BCUT2D eigenvalue weighted by Crippen LogP contribution is 2.26. The lowest BCUT2D eigenvalue weighted by atomic mass is 10.1. The number of hydrogen-bond acceptors (Lipinski definition) is 3. The minimum Gasteiger partial charge on any atom is -0.480 e. The van der Waals surface area contributed by atoms with Crippen LogP contribution in [0.3, 0.4) is 0 Å². The van der Waals surface area contributed by atoms with Crippen molar-refractivity contribution in [1.82, 2.24) is 9.47 Å². The first kappa shape index (κ1) is 18.0. The predicted octanol–water partition coefficient (Wildman–Crippen LogP) is 2.45. The maximum Gasteiger partial charge on any atom is 0.326 e. The highest BCUT2D eigenvalue weighted by molar-refractivity contribution is 6.00. The molecule has 130 valence electrons. The van der Waals surface area contributed by atoms with E-state index in [1.54, 1.807) is 13.2 Å². The van der Waals surface area contributed by atoms with Gasteiger partial charge in [0, 0.05) is 42.9 Å². The first-order valence-corrected chi connectivity index (χ1v) is 7.88. The maximum absolute atomic E-state index is 12.5. The van der Waals surface area contributed by atoms with Crippen molar-refractivity contribution in [2.24, 2.45) is 0 Å². The van der Waals surface area contributed by atoms with E-state index in [0.717, 1.165) is 28.7 Å². The molecule has 24 heavy (non-hydrogen) atoms. The Balaban J connectivity index is 2.43. The molecule has 1 aromatic carbocycles. The molecule has 0 spiro atoms. The number of ether oxygens (including phenoxy) is 1. The number of hydrogen-bond donors (Lipinski definition) is 1. The van der Waals surface area contributed by atoms with Crippen LogP contribution in [0.25, 0.3) is 10.9 Å². The summed E-state index contributed by atoms with van der Waals surface area (Å²) >= 11 is 0. The van der Waals surface area contributed by atoms with Crippen molar-refractivity contribution in [2.45, 2.75) is 33.4 Å². The van der Waals surface area contributed by atoms with Gasteiger partial charge in [-0.15, -0.1) is 0 Å². The number of aliphatic carboxylic acids is 1. The van der Waals surface area contributed by atoms with Crippen LogP contribution >= 0.6 is 0 Å². The number of carbonyl (C=O) groups is 2. The third kappa shape index (κ3) is 3.14. The highest BCUT2D eigenvalue weighted by atomic mass is 16.5. The molecule has 6 nitrogen and oxygen atoms in total. The average Bonchev–Trinajstić information content (AvgIpc) is 2.81. The number of nitrogens with zero attached hydrogens (tertiary/aromatic N) is 2.